The van der Waals surface area contributed by atoms with Crippen molar-refractivity contribution in [2.24, 2.45) is 0 Å². The van der Waals surface area contributed by atoms with Gasteiger partial charge in [0.05, 0.1) is 23.0 Å². The van der Waals surface area contributed by atoms with Crippen molar-refractivity contribution in [2.45, 2.75) is 19.9 Å². The van der Waals surface area contributed by atoms with E-state index in [4.69, 9.17) is 16.0 Å². The number of benzene rings is 1. The third-order valence-electron chi connectivity index (χ3n) is 2.84. The largest absolute Gasteiger partial charge is 0.464 e. The van der Waals surface area contributed by atoms with E-state index < -0.39 is 10.0 Å². The molecule has 114 valence electrons. The van der Waals surface area contributed by atoms with Crippen molar-refractivity contribution in [2.75, 3.05) is 16.3 Å². The standard InChI is InChI=1S/C14H17ClN2O3S/c1-9-4-7-14(20-9)10(2)16-11-5-6-13(12(15)8-11)17-21(3,18)19/h4-8,10,16-17H,1-3H3. The molecule has 0 fully saturated rings. The van der Waals surface area contributed by atoms with Crippen molar-refractivity contribution < 1.29 is 12.8 Å². The molecule has 0 aliphatic heterocycles. The summed E-state index contributed by atoms with van der Waals surface area (Å²) in [6.07, 6.45) is 1.08. The molecule has 0 bridgehead atoms. The highest BCUT2D eigenvalue weighted by atomic mass is 35.5. The SMILES string of the molecule is Cc1ccc(C(C)Nc2ccc(NS(C)(=O)=O)c(Cl)c2)o1. The van der Waals surface area contributed by atoms with E-state index in [-0.39, 0.29) is 6.04 Å². The van der Waals surface area contributed by atoms with E-state index >= 15 is 0 Å². The fourth-order valence-electron chi connectivity index (χ4n) is 1.89. The summed E-state index contributed by atoms with van der Waals surface area (Å²) in [5.41, 5.74) is 1.13. The highest BCUT2D eigenvalue weighted by Crippen LogP contribution is 2.28. The highest BCUT2D eigenvalue weighted by Gasteiger charge is 2.11. The van der Waals surface area contributed by atoms with Gasteiger partial charge in [0.25, 0.3) is 0 Å². The number of hydrogen-bond acceptors (Lipinski definition) is 4. The first-order valence-corrected chi connectivity index (χ1v) is 8.62. The van der Waals surface area contributed by atoms with Gasteiger partial charge in [0.2, 0.25) is 10.0 Å². The Labute approximate surface area is 129 Å². The second-order valence-electron chi connectivity index (χ2n) is 4.88. The number of rotatable bonds is 5. The van der Waals surface area contributed by atoms with Gasteiger partial charge in [-0.05, 0) is 44.2 Å². The maximum atomic E-state index is 11.2. The van der Waals surface area contributed by atoms with Crippen LogP contribution in [0.25, 0.3) is 0 Å². The van der Waals surface area contributed by atoms with Gasteiger partial charge in [-0.1, -0.05) is 11.6 Å². The molecule has 1 aromatic carbocycles. The molecule has 1 heterocycles. The topological polar surface area (TPSA) is 71.3 Å². The summed E-state index contributed by atoms with van der Waals surface area (Å²) in [7, 11) is -3.35. The van der Waals surface area contributed by atoms with Crippen LogP contribution in [0.3, 0.4) is 0 Å². The van der Waals surface area contributed by atoms with Gasteiger partial charge in [0, 0.05) is 5.69 Å². The molecule has 1 unspecified atom stereocenters. The van der Waals surface area contributed by atoms with Crippen LogP contribution in [0.15, 0.2) is 34.7 Å². The van der Waals surface area contributed by atoms with Crippen molar-refractivity contribution in [3.63, 3.8) is 0 Å². The lowest BCUT2D eigenvalue weighted by Gasteiger charge is -2.14. The Bertz CT molecular complexity index is 740. The highest BCUT2D eigenvalue weighted by molar-refractivity contribution is 7.92. The van der Waals surface area contributed by atoms with Gasteiger partial charge in [-0.3, -0.25) is 4.72 Å². The zero-order valence-corrected chi connectivity index (χ0v) is 13.5. The first-order valence-electron chi connectivity index (χ1n) is 6.35. The molecule has 5 nitrogen and oxygen atoms in total. The summed E-state index contributed by atoms with van der Waals surface area (Å²) < 4.78 is 30.3. The zero-order chi connectivity index (χ0) is 15.6. The average molecular weight is 329 g/mol. The molecular formula is C14H17ClN2O3S. The lowest BCUT2D eigenvalue weighted by atomic mass is 10.2. The molecular weight excluding hydrogens is 312 g/mol. The van der Waals surface area contributed by atoms with Crippen LogP contribution in [0.5, 0.6) is 0 Å². The summed E-state index contributed by atoms with van der Waals surface area (Å²) >= 11 is 6.08. The third-order valence-corrected chi connectivity index (χ3v) is 3.74. The summed E-state index contributed by atoms with van der Waals surface area (Å²) in [6, 6.07) is 8.83. The smallest absolute Gasteiger partial charge is 0.229 e. The lowest BCUT2D eigenvalue weighted by Crippen LogP contribution is -2.10. The molecule has 2 aromatic rings. The number of furan rings is 1. The number of nitrogens with one attached hydrogen (secondary N) is 2. The minimum atomic E-state index is -3.35. The summed E-state index contributed by atoms with van der Waals surface area (Å²) in [5.74, 6) is 1.67. The van der Waals surface area contributed by atoms with Crippen molar-refractivity contribution >= 4 is 33.0 Å². The van der Waals surface area contributed by atoms with E-state index in [9.17, 15) is 8.42 Å². The normalized spacial score (nSPS) is 13.0. The second-order valence-corrected chi connectivity index (χ2v) is 7.04. The Morgan fingerprint density at radius 1 is 1.24 bits per heavy atom. The van der Waals surface area contributed by atoms with Gasteiger partial charge in [-0.2, -0.15) is 0 Å². The lowest BCUT2D eigenvalue weighted by molar-refractivity contribution is 0.467. The van der Waals surface area contributed by atoms with E-state index in [0.717, 1.165) is 23.5 Å². The fourth-order valence-corrected chi connectivity index (χ4v) is 2.76. The van der Waals surface area contributed by atoms with Crippen LogP contribution in [0.2, 0.25) is 5.02 Å². The van der Waals surface area contributed by atoms with Gasteiger partial charge < -0.3 is 9.73 Å². The zero-order valence-electron chi connectivity index (χ0n) is 12.0. The minimum Gasteiger partial charge on any atom is -0.464 e. The van der Waals surface area contributed by atoms with E-state index in [0.29, 0.717) is 10.7 Å². The van der Waals surface area contributed by atoms with Gasteiger partial charge >= 0.3 is 0 Å². The molecule has 0 radical (unpaired) electrons. The van der Waals surface area contributed by atoms with Gasteiger partial charge in [0.1, 0.15) is 11.5 Å². The van der Waals surface area contributed by atoms with Gasteiger partial charge in [-0.25, -0.2) is 8.42 Å². The maximum Gasteiger partial charge on any atom is 0.229 e. The van der Waals surface area contributed by atoms with Crippen LogP contribution < -0.4 is 10.0 Å². The number of sulfonamides is 1. The molecule has 7 heteroatoms. The molecule has 2 rings (SSSR count). The first-order chi connectivity index (χ1) is 9.74. The molecule has 21 heavy (non-hydrogen) atoms. The molecule has 0 spiro atoms. The molecule has 1 atom stereocenters. The Hall–Kier alpha value is -1.66. The van der Waals surface area contributed by atoms with Crippen LogP contribution in [0.4, 0.5) is 11.4 Å². The number of halogens is 1. The number of aryl methyl sites for hydroxylation is 1. The molecule has 0 aliphatic rings. The molecule has 0 saturated heterocycles. The summed E-state index contributed by atoms with van der Waals surface area (Å²) in [6.45, 7) is 3.85. The molecule has 0 amide bonds. The summed E-state index contributed by atoms with van der Waals surface area (Å²) in [4.78, 5) is 0. The Morgan fingerprint density at radius 3 is 2.48 bits per heavy atom. The van der Waals surface area contributed by atoms with Crippen LogP contribution in [-0.4, -0.2) is 14.7 Å². The Morgan fingerprint density at radius 2 is 1.95 bits per heavy atom. The second kappa shape index (κ2) is 5.99. The van der Waals surface area contributed by atoms with Crippen molar-refractivity contribution in [3.8, 4) is 0 Å². The van der Waals surface area contributed by atoms with Gasteiger partial charge in [-0.15, -0.1) is 0 Å². The fraction of sp³-hybridized carbons (Fsp3) is 0.286. The van der Waals surface area contributed by atoms with Crippen molar-refractivity contribution in [1.82, 2.24) is 0 Å². The van der Waals surface area contributed by atoms with Crippen LogP contribution >= 0.6 is 11.6 Å². The van der Waals surface area contributed by atoms with Gasteiger partial charge in [0.15, 0.2) is 0 Å². The maximum absolute atomic E-state index is 11.2. The van der Waals surface area contributed by atoms with Crippen molar-refractivity contribution in [3.05, 3.63) is 46.9 Å². The predicted molar refractivity (Wildman–Crippen MR) is 85.4 cm³/mol. The third kappa shape index (κ3) is 4.41. The Balaban J connectivity index is 2.13. The van der Waals surface area contributed by atoms with E-state index in [1.165, 1.54) is 0 Å². The minimum absolute atomic E-state index is 0.0246. The molecule has 1 aromatic heterocycles. The molecule has 0 aliphatic carbocycles. The number of hydrogen-bond donors (Lipinski definition) is 2. The first kappa shape index (κ1) is 15.7. The van der Waals surface area contributed by atoms with Crippen LogP contribution in [0, 0.1) is 6.92 Å². The van der Waals surface area contributed by atoms with E-state index in [1.54, 1.807) is 18.2 Å². The Kier molecular flexibility index (Phi) is 4.49. The average Bonchev–Trinajstić information content (AvgIpc) is 2.78. The van der Waals surface area contributed by atoms with E-state index in [2.05, 4.69) is 10.0 Å². The van der Waals surface area contributed by atoms with E-state index in [1.807, 2.05) is 26.0 Å². The monoisotopic (exact) mass is 328 g/mol. The van der Waals surface area contributed by atoms with Crippen LogP contribution in [0.1, 0.15) is 24.5 Å². The van der Waals surface area contributed by atoms with Crippen molar-refractivity contribution in [1.29, 1.82) is 0 Å². The number of anilines is 2. The molecule has 2 N–H and O–H groups in total. The summed E-state index contributed by atoms with van der Waals surface area (Å²) in [5, 5.41) is 3.57. The molecule has 0 saturated carbocycles. The quantitative estimate of drug-likeness (QED) is 0.876. The van der Waals surface area contributed by atoms with Crippen LogP contribution in [-0.2, 0) is 10.0 Å². The predicted octanol–water partition coefficient (Wildman–Crippen LogP) is 3.79.